The molecule has 8 heteroatoms. The molecule has 0 atom stereocenters. The Bertz CT molecular complexity index is 720. The average Bonchev–Trinajstić information content (AvgIpc) is 2.50. The van der Waals surface area contributed by atoms with E-state index < -0.39 is 11.0 Å². The largest absolute Gasteiger partial charge is 0.412 e. The minimum absolute atomic E-state index is 0.0739. The van der Waals surface area contributed by atoms with E-state index in [1.165, 1.54) is 24.3 Å². The molecule has 0 aliphatic carbocycles. The molecule has 0 aromatic heterocycles. The maximum Gasteiger partial charge on any atom is 0.412 e. The number of nitro groups is 1. The fraction of sp³-hybridized carbons (Fsp3) is 0.133. The monoisotopic (exact) mass is 354 g/mol. The van der Waals surface area contributed by atoms with Crippen LogP contribution >= 0.6 is 23.2 Å². The highest BCUT2D eigenvalue weighted by molar-refractivity contribution is 6.35. The van der Waals surface area contributed by atoms with Gasteiger partial charge in [-0.15, -0.1) is 0 Å². The van der Waals surface area contributed by atoms with Crippen LogP contribution in [-0.2, 0) is 6.42 Å². The Morgan fingerprint density at radius 2 is 1.87 bits per heavy atom. The average molecular weight is 355 g/mol. The van der Waals surface area contributed by atoms with E-state index in [1.807, 2.05) is 0 Å². The molecule has 0 aliphatic heterocycles. The van der Waals surface area contributed by atoms with Gasteiger partial charge in [0.05, 0.1) is 4.92 Å². The van der Waals surface area contributed by atoms with Crippen molar-refractivity contribution in [2.45, 2.75) is 6.42 Å². The Kier molecular flexibility index (Phi) is 5.78. The minimum atomic E-state index is -0.649. The summed E-state index contributed by atoms with van der Waals surface area (Å²) in [6.07, 6.45) is -0.130. The van der Waals surface area contributed by atoms with Crippen molar-refractivity contribution in [3.8, 4) is 5.75 Å². The second kappa shape index (κ2) is 7.80. The summed E-state index contributed by atoms with van der Waals surface area (Å²) >= 11 is 11.8. The number of carbonyl (C=O) groups excluding carboxylic acids is 1. The first-order valence-electron chi connectivity index (χ1n) is 6.60. The Morgan fingerprint density at radius 3 is 2.48 bits per heavy atom. The van der Waals surface area contributed by atoms with Crippen LogP contribution in [0.5, 0.6) is 5.75 Å². The fourth-order valence-corrected chi connectivity index (χ4v) is 2.31. The van der Waals surface area contributed by atoms with Gasteiger partial charge < -0.3 is 10.1 Å². The lowest BCUT2D eigenvalue weighted by Gasteiger charge is -2.08. The predicted molar refractivity (Wildman–Crippen MR) is 87.3 cm³/mol. The zero-order chi connectivity index (χ0) is 16.8. The number of nitrogens with one attached hydrogen (secondary N) is 1. The van der Waals surface area contributed by atoms with E-state index in [4.69, 9.17) is 27.9 Å². The number of nitro benzene ring substituents is 1. The number of hydrogen-bond acceptors (Lipinski definition) is 4. The van der Waals surface area contributed by atoms with Crippen molar-refractivity contribution in [1.29, 1.82) is 0 Å². The second-order valence-electron chi connectivity index (χ2n) is 4.55. The molecular weight excluding hydrogens is 343 g/mol. The van der Waals surface area contributed by atoms with Crippen LogP contribution in [0.3, 0.4) is 0 Å². The smallest absolute Gasteiger partial charge is 0.410 e. The van der Waals surface area contributed by atoms with Crippen LogP contribution in [-0.4, -0.2) is 17.6 Å². The zero-order valence-corrected chi connectivity index (χ0v) is 13.3. The molecule has 23 heavy (non-hydrogen) atoms. The van der Waals surface area contributed by atoms with Crippen molar-refractivity contribution in [3.63, 3.8) is 0 Å². The molecule has 0 bridgehead atoms. The molecule has 2 aromatic rings. The number of amides is 1. The highest BCUT2D eigenvalue weighted by Gasteiger charge is 2.08. The van der Waals surface area contributed by atoms with Crippen LogP contribution in [0.2, 0.25) is 10.0 Å². The zero-order valence-electron chi connectivity index (χ0n) is 11.8. The molecule has 1 amide bonds. The van der Waals surface area contributed by atoms with Gasteiger partial charge in [-0.1, -0.05) is 29.3 Å². The molecule has 0 aliphatic rings. The van der Waals surface area contributed by atoms with Crippen molar-refractivity contribution in [1.82, 2.24) is 5.32 Å². The van der Waals surface area contributed by atoms with Crippen LogP contribution in [0.25, 0.3) is 0 Å². The lowest BCUT2D eigenvalue weighted by atomic mass is 10.1. The van der Waals surface area contributed by atoms with Crippen LogP contribution in [0.1, 0.15) is 5.56 Å². The molecule has 0 heterocycles. The van der Waals surface area contributed by atoms with Gasteiger partial charge in [-0.25, -0.2) is 4.79 Å². The molecule has 1 N–H and O–H groups in total. The summed E-state index contributed by atoms with van der Waals surface area (Å²) in [5, 5.41) is 14.2. The van der Waals surface area contributed by atoms with Gasteiger partial charge in [-0.3, -0.25) is 10.1 Å². The van der Waals surface area contributed by atoms with E-state index >= 15 is 0 Å². The summed E-state index contributed by atoms with van der Waals surface area (Å²) in [7, 11) is 0. The summed E-state index contributed by atoms with van der Waals surface area (Å²) in [4.78, 5) is 21.6. The second-order valence-corrected chi connectivity index (χ2v) is 5.40. The Balaban J connectivity index is 1.82. The summed E-state index contributed by atoms with van der Waals surface area (Å²) in [6, 6.07) is 10.4. The SMILES string of the molecule is O=C(NCCc1ccc(Cl)cc1Cl)Oc1ccc([N+](=O)[O-])cc1. The molecule has 0 fully saturated rings. The van der Waals surface area contributed by atoms with Gasteiger partial charge in [0, 0.05) is 28.7 Å². The lowest BCUT2D eigenvalue weighted by Crippen LogP contribution is -2.28. The van der Waals surface area contributed by atoms with Crippen LogP contribution in [0.4, 0.5) is 10.5 Å². The number of ether oxygens (including phenoxy) is 1. The number of carbonyl (C=O) groups is 1. The Hall–Kier alpha value is -2.31. The molecule has 0 radical (unpaired) electrons. The molecule has 0 unspecified atom stereocenters. The van der Waals surface area contributed by atoms with Crippen LogP contribution < -0.4 is 10.1 Å². The number of non-ortho nitro benzene ring substituents is 1. The molecular formula is C15H12Cl2N2O4. The van der Waals surface area contributed by atoms with E-state index in [1.54, 1.807) is 18.2 Å². The van der Waals surface area contributed by atoms with E-state index in [0.717, 1.165) is 5.56 Å². The first-order chi connectivity index (χ1) is 11.0. The van der Waals surface area contributed by atoms with Crippen molar-refractivity contribution in [3.05, 3.63) is 68.2 Å². The number of nitrogens with zero attached hydrogens (tertiary/aromatic N) is 1. The normalized spacial score (nSPS) is 10.2. The highest BCUT2D eigenvalue weighted by atomic mass is 35.5. The first-order valence-corrected chi connectivity index (χ1v) is 7.35. The van der Waals surface area contributed by atoms with Crippen LogP contribution in [0, 0.1) is 10.1 Å². The maximum absolute atomic E-state index is 11.6. The summed E-state index contributed by atoms with van der Waals surface area (Å²) in [6.45, 7) is 0.327. The van der Waals surface area contributed by atoms with Gasteiger partial charge in [0.25, 0.3) is 5.69 Å². The lowest BCUT2D eigenvalue weighted by molar-refractivity contribution is -0.384. The van der Waals surface area contributed by atoms with E-state index in [0.29, 0.717) is 23.0 Å². The van der Waals surface area contributed by atoms with Crippen molar-refractivity contribution in [2.24, 2.45) is 0 Å². The Morgan fingerprint density at radius 1 is 1.17 bits per heavy atom. The molecule has 120 valence electrons. The molecule has 2 rings (SSSR count). The molecule has 0 saturated heterocycles. The topological polar surface area (TPSA) is 81.5 Å². The molecule has 2 aromatic carbocycles. The predicted octanol–water partition coefficient (Wildman–Crippen LogP) is 4.23. The molecule has 0 spiro atoms. The summed E-state index contributed by atoms with van der Waals surface area (Å²) in [5.41, 5.74) is 0.779. The van der Waals surface area contributed by atoms with Gasteiger partial charge in [0.15, 0.2) is 0 Å². The van der Waals surface area contributed by atoms with Crippen molar-refractivity contribution >= 4 is 35.0 Å². The number of rotatable bonds is 5. The summed E-state index contributed by atoms with van der Waals surface area (Å²) < 4.78 is 5.01. The maximum atomic E-state index is 11.6. The third kappa shape index (κ3) is 5.12. The standard InChI is InChI=1S/C15H12Cl2N2O4/c16-11-2-1-10(14(17)9-11)7-8-18-15(20)23-13-5-3-12(4-6-13)19(21)22/h1-6,9H,7-8H2,(H,18,20). The van der Waals surface area contributed by atoms with Crippen molar-refractivity contribution < 1.29 is 14.5 Å². The van der Waals surface area contributed by atoms with E-state index in [9.17, 15) is 14.9 Å². The van der Waals surface area contributed by atoms with E-state index in [-0.39, 0.29) is 11.4 Å². The fourth-order valence-electron chi connectivity index (χ4n) is 1.80. The molecule has 6 nitrogen and oxygen atoms in total. The van der Waals surface area contributed by atoms with Crippen LogP contribution in [0.15, 0.2) is 42.5 Å². The quantitative estimate of drug-likeness (QED) is 0.643. The van der Waals surface area contributed by atoms with Gasteiger partial charge in [-0.2, -0.15) is 0 Å². The Labute approximate surface area is 142 Å². The minimum Gasteiger partial charge on any atom is -0.410 e. The van der Waals surface area contributed by atoms with E-state index in [2.05, 4.69) is 5.32 Å². The number of hydrogen-bond donors (Lipinski definition) is 1. The third-order valence-electron chi connectivity index (χ3n) is 2.94. The highest BCUT2D eigenvalue weighted by Crippen LogP contribution is 2.21. The van der Waals surface area contributed by atoms with Gasteiger partial charge in [0.1, 0.15) is 5.75 Å². The first kappa shape index (κ1) is 17.1. The summed E-state index contributed by atoms with van der Waals surface area (Å²) in [5.74, 6) is 0.220. The van der Waals surface area contributed by atoms with Gasteiger partial charge >= 0.3 is 6.09 Å². The van der Waals surface area contributed by atoms with Crippen molar-refractivity contribution in [2.75, 3.05) is 6.54 Å². The molecule has 0 saturated carbocycles. The third-order valence-corrected chi connectivity index (χ3v) is 3.52. The van der Waals surface area contributed by atoms with Gasteiger partial charge in [0.2, 0.25) is 0 Å². The number of halogens is 2. The van der Waals surface area contributed by atoms with Gasteiger partial charge in [-0.05, 0) is 36.2 Å². The number of benzene rings is 2.